The van der Waals surface area contributed by atoms with Gasteiger partial charge in [-0.05, 0) is 38.5 Å². The molecule has 116 valence electrons. The number of carbonyl (C=O) groups is 1. The van der Waals surface area contributed by atoms with E-state index < -0.39 is 0 Å². The van der Waals surface area contributed by atoms with Crippen molar-refractivity contribution in [3.8, 4) is 0 Å². The zero-order valence-electron chi connectivity index (χ0n) is 13.6. The maximum absolute atomic E-state index is 13.0. The van der Waals surface area contributed by atoms with Crippen LogP contribution in [-0.4, -0.2) is 23.5 Å². The monoisotopic (exact) mass is 296 g/mol. The highest BCUT2D eigenvalue weighted by Crippen LogP contribution is 2.18. The first-order valence-electron chi connectivity index (χ1n) is 7.80. The molecule has 0 aromatic heterocycles. The van der Waals surface area contributed by atoms with Gasteiger partial charge in [0.1, 0.15) is 0 Å². The number of hydrogen-bond donors (Lipinski definition) is 0. The molecule has 0 saturated carbocycles. The van der Waals surface area contributed by atoms with Crippen molar-refractivity contribution < 1.29 is 4.79 Å². The molecule has 0 bridgehead atoms. The molecule has 3 nitrogen and oxygen atoms in total. The molecule has 0 fully saturated rings. The summed E-state index contributed by atoms with van der Waals surface area (Å²) >= 11 is 0. The quantitative estimate of drug-likeness (QED) is 0.794. The SMILES string of the molecule is CCN(C(=O)N(Cc1ccccc1)C(C)C)c1ccccc1. The van der Waals surface area contributed by atoms with Crippen molar-refractivity contribution in [3.63, 3.8) is 0 Å². The summed E-state index contributed by atoms with van der Waals surface area (Å²) in [5.41, 5.74) is 2.09. The number of urea groups is 1. The Labute approximate surface area is 133 Å². The van der Waals surface area contributed by atoms with E-state index in [0.29, 0.717) is 13.1 Å². The van der Waals surface area contributed by atoms with Crippen molar-refractivity contribution in [2.45, 2.75) is 33.4 Å². The van der Waals surface area contributed by atoms with E-state index in [0.717, 1.165) is 11.3 Å². The Bertz CT molecular complexity index is 581. The maximum atomic E-state index is 13.0. The van der Waals surface area contributed by atoms with E-state index in [1.54, 1.807) is 0 Å². The van der Waals surface area contributed by atoms with Crippen molar-refractivity contribution in [3.05, 3.63) is 66.2 Å². The fourth-order valence-corrected chi connectivity index (χ4v) is 2.44. The van der Waals surface area contributed by atoms with Crippen LogP contribution in [0.3, 0.4) is 0 Å². The first-order chi connectivity index (χ1) is 10.6. The third-order valence-electron chi connectivity index (χ3n) is 3.68. The number of benzene rings is 2. The van der Waals surface area contributed by atoms with Gasteiger partial charge in [-0.2, -0.15) is 0 Å². The first-order valence-corrected chi connectivity index (χ1v) is 7.80. The molecule has 0 saturated heterocycles. The van der Waals surface area contributed by atoms with Crippen molar-refractivity contribution in [2.75, 3.05) is 11.4 Å². The second-order valence-electron chi connectivity index (χ2n) is 5.57. The fraction of sp³-hybridized carbons (Fsp3) is 0.316. The molecule has 0 aliphatic heterocycles. The van der Waals surface area contributed by atoms with Crippen molar-refractivity contribution in [1.82, 2.24) is 4.90 Å². The molecular formula is C19H24N2O. The lowest BCUT2D eigenvalue weighted by molar-refractivity contribution is 0.187. The zero-order valence-corrected chi connectivity index (χ0v) is 13.6. The average Bonchev–Trinajstić information content (AvgIpc) is 2.55. The van der Waals surface area contributed by atoms with Gasteiger partial charge in [-0.1, -0.05) is 48.5 Å². The molecule has 0 radical (unpaired) electrons. The average molecular weight is 296 g/mol. The summed E-state index contributed by atoms with van der Waals surface area (Å²) in [4.78, 5) is 16.7. The van der Waals surface area contributed by atoms with Crippen LogP contribution in [0.1, 0.15) is 26.3 Å². The van der Waals surface area contributed by atoms with Gasteiger partial charge in [-0.15, -0.1) is 0 Å². The van der Waals surface area contributed by atoms with E-state index in [9.17, 15) is 4.79 Å². The Kier molecular flexibility index (Phi) is 5.59. The number of anilines is 1. The fourth-order valence-electron chi connectivity index (χ4n) is 2.44. The van der Waals surface area contributed by atoms with E-state index in [2.05, 4.69) is 26.0 Å². The predicted molar refractivity (Wildman–Crippen MR) is 92.0 cm³/mol. The van der Waals surface area contributed by atoms with Crippen molar-refractivity contribution in [2.24, 2.45) is 0 Å². The second kappa shape index (κ2) is 7.64. The number of rotatable bonds is 5. The number of para-hydroxylation sites is 1. The highest BCUT2D eigenvalue weighted by atomic mass is 16.2. The Morgan fingerprint density at radius 3 is 2.00 bits per heavy atom. The number of nitrogens with zero attached hydrogens (tertiary/aromatic N) is 2. The standard InChI is InChI=1S/C19H24N2O/c1-4-20(18-13-9-6-10-14-18)19(22)21(16(2)3)15-17-11-7-5-8-12-17/h5-14,16H,4,15H2,1-3H3. The molecule has 22 heavy (non-hydrogen) atoms. The Balaban J connectivity index is 2.21. The van der Waals surface area contributed by atoms with Crippen LogP contribution in [0, 0.1) is 0 Å². The summed E-state index contributed by atoms with van der Waals surface area (Å²) in [6, 6.07) is 20.1. The van der Waals surface area contributed by atoms with E-state index >= 15 is 0 Å². The van der Waals surface area contributed by atoms with Gasteiger partial charge in [0.25, 0.3) is 0 Å². The van der Waals surface area contributed by atoms with E-state index in [1.165, 1.54) is 0 Å². The van der Waals surface area contributed by atoms with Crippen LogP contribution in [0.4, 0.5) is 10.5 Å². The van der Waals surface area contributed by atoms with Crippen LogP contribution in [0.5, 0.6) is 0 Å². The lowest BCUT2D eigenvalue weighted by Gasteiger charge is -2.33. The highest BCUT2D eigenvalue weighted by molar-refractivity contribution is 5.92. The van der Waals surface area contributed by atoms with Crippen LogP contribution in [0.2, 0.25) is 0 Å². The van der Waals surface area contributed by atoms with Crippen LogP contribution in [-0.2, 0) is 6.54 Å². The molecule has 2 aromatic carbocycles. The van der Waals surface area contributed by atoms with Gasteiger partial charge in [0, 0.05) is 24.8 Å². The third-order valence-corrected chi connectivity index (χ3v) is 3.68. The number of amides is 2. The highest BCUT2D eigenvalue weighted by Gasteiger charge is 2.23. The summed E-state index contributed by atoms with van der Waals surface area (Å²) in [5.74, 6) is 0. The second-order valence-corrected chi connectivity index (χ2v) is 5.57. The molecule has 0 aliphatic carbocycles. The summed E-state index contributed by atoms with van der Waals surface area (Å²) in [6.45, 7) is 7.40. The van der Waals surface area contributed by atoms with Crippen molar-refractivity contribution >= 4 is 11.7 Å². The molecule has 0 atom stereocenters. The molecule has 2 aromatic rings. The van der Waals surface area contributed by atoms with Gasteiger partial charge in [-0.3, -0.25) is 4.90 Å². The molecule has 0 N–H and O–H groups in total. The zero-order chi connectivity index (χ0) is 15.9. The minimum atomic E-state index is 0.0487. The lowest BCUT2D eigenvalue weighted by atomic mass is 10.2. The van der Waals surface area contributed by atoms with E-state index in [1.807, 2.05) is 65.3 Å². The molecule has 0 heterocycles. The molecule has 3 heteroatoms. The van der Waals surface area contributed by atoms with Gasteiger partial charge >= 0.3 is 6.03 Å². The molecule has 0 aliphatic rings. The molecule has 2 amide bonds. The molecular weight excluding hydrogens is 272 g/mol. The van der Waals surface area contributed by atoms with Crippen LogP contribution >= 0.6 is 0 Å². The topological polar surface area (TPSA) is 23.6 Å². The van der Waals surface area contributed by atoms with Gasteiger partial charge in [-0.25, -0.2) is 4.79 Å². The predicted octanol–water partition coefficient (Wildman–Crippen LogP) is 4.54. The summed E-state index contributed by atoms with van der Waals surface area (Å²) in [7, 11) is 0. The minimum absolute atomic E-state index is 0.0487. The van der Waals surface area contributed by atoms with Gasteiger partial charge in [0.15, 0.2) is 0 Å². The summed E-state index contributed by atoms with van der Waals surface area (Å²) in [6.07, 6.45) is 0. The Hall–Kier alpha value is -2.29. The summed E-state index contributed by atoms with van der Waals surface area (Å²) < 4.78 is 0. The van der Waals surface area contributed by atoms with E-state index in [4.69, 9.17) is 0 Å². The van der Waals surface area contributed by atoms with Crippen LogP contribution < -0.4 is 4.90 Å². The smallest absolute Gasteiger partial charge is 0.318 e. The van der Waals surface area contributed by atoms with E-state index in [-0.39, 0.29) is 12.1 Å². The molecule has 0 spiro atoms. The molecule has 2 rings (SSSR count). The van der Waals surface area contributed by atoms with Crippen LogP contribution in [0.25, 0.3) is 0 Å². The normalized spacial score (nSPS) is 10.5. The number of carbonyl (C=O) groups excluding carboxylic acids is 1. The third kappa shape index (κ3) is 3.88. The van der Waals surface area contributed by atoms with Crippen LogP contribution in [0.15, 0.2) is 60.7 Å². The largest absolute Gasteiger partial charge is 0.325 e. The Morgan fingerprint density at radius 2 is 1.50 bits per heavy atom. The summed E-state index contributed by atoms with van der Waals surface area (Å²) in [5, 5.41) is 0. The van der Waals surface area contributed by atoms with Gasteiger partial charge < -0.3 is 4.90 Å². The maximum Gasteiger partial charge on any atom is 0.325 e. The lowest BCUT2D eigenvalue weighted by Crippen LogP contribution is -2.46. The molecule has 0 unspecified atom stereocenters. The minimum Gasteiger partial charge on any atom is -0.318 e. The van der Waals surface area contributed by atoms with Gasteiger partial charge in [0.05, 0.1) is 0 Å². The Morgan fingerprint density at radius 1 is 0.955 bits per heavy atom. The number of hydrogen-bond acceptors (Lipinski definition) is 1. The van der Waals surface area contributed by atoms with Crippen molar-refractivity contribution in [1.29, 1.82) is 0 Å². The van der Waals surface area contributed by atoms with Gasteiger partial charge in [0.2, 0.25) is 0 Å². The first kappa shape index (κ1) is 16.1.